The summed E-state index contributed by atoms with van der Waals surface area (Å²) in [5.74, 6) is -0.173. The Morgan fingerprint density at radius 3 is 2.80 bits per heavy atom. The summed E-state index contributed by atoms with van der Waals surface area (Å²) in [5, 5.41) is 3.28. The lowest BCUT2D eigenvalue weighted by Crippen LogP contribution is -2.20. The van der Waals surface area contributed by atoms with Gasteiger partial charge in [0.1, 0.15) is 5.82 Å². The van der Waals surface area contributed by atoms with Crippen molar-refractivity contribution in [2.24, 2.45) is 7.05 Å². The van der Waals surface area contributed by atoms with Crippen LogP contribution in [0.5, 0.6) is 0 Å². The SMILES string of the molecule is Cc1ccncc1-c1cc2cnc(NC(=O)CCF)cc2n(C)c1=O. The summed E-state index contributed by atoms with van der Waals surface area (Å²) in [6.45, 7) is 1.19. The highest BCUT2D eigenvalue weighted by Crippen LogP contribution is 2.23. The average molecular weight is 340 g/mol. The van der Waals surface area contributed by atoms with Crippen molar-refractivity contribution in [2.75, 3.05) is 12.0 Å². The van der Waals surface area contributed by atoms with Crippen molar-refractivity contribution in [2.45, 2.75) is 13.3 Å². The zero-order valence-electron chi connectivity index (χ0n) is 13.9. The van der Waals surface area contributed by atoms with E-state index in [1.54, 1.807) is 37.8 Å². The molecule has 3 aromatic rings. The number of aromatic nitrogens is 3. The molecule has 3 heterocycles. The summed E-state index contributed by atoms with van der Waals surface area (Å²) in [7, 11) is 1.66. The van der Waals surface area contributed by atoms with Crippen molar-refractivity contribution < 1.29 is 9.18 Å². The molecule has 1 N–H and O–H groups in total. The normalized spacial score (nSPS) is 10.8. The summed E-state index contributed by atoms with van der Waals surface area (Å²) in [5.41, 5.74) is 2.72. The first-order chi connectivity index (χ1) is 12.0. The summed E-state index contributed by atoms with van der Waals surface area (Å²) < 4.78 is 13.7. The number of pyridine rings is 3. The Hall–Kier alpha value is -3.09. The number of carbonyl (C=O) groups excluding carboxylic acids is 1. The summed E-state index contributed by atoms with van der Waals surface area (Å²) in [4.78, 5) is 32.5. The Balaban J connectivity index is 2.11. The maximum atomic E-state index is 12.7. The molecule has 0 aliphatic heterocycles. The van der Waals surface area contributed by atoms with E-state index in [0.29, 0.717) is 11.1 Å². The maximum Gasteiger partial charge on any atom is 0.258 e. The van der Waals surface area contributed by atoms with Crippen molar-refractivity contribution in [3.05, 3.63) is 52.7 Å². The average Bonchev–Trinajstić information content (AvgIpc) is 2.59. The molecule has 0 atom stereocenters. The van der Waals surface area contributed by atoms with Crippen LogP contribution < -0.4 is 10.9 Å². The third kappa shape index (κ3) is 3.26. The van der Waals surface area contributed by atoms with Gasteiger partial charge in [0, 0.05) is 48.2 Å². The van der Waals surface area contributed by atoms with Crippen molar-refractivity contribution in [3.63, 3.8) is 0 Å². The molecular formula is C18H17FN4O2. The van der Waals surface area contributed by atoms with Crippen LogP contribution in [0.15, 0.2) is 41.6 Å². The van der Waals surface area contributed by atoms with Crippen molar-refractivity contribution in [3.8, 4) is 11.1 Å². The lowest BCUT2D eigenvalue weighted by atomic mass is 10.0. The van der Waals surface area contributed by atoms with E-state index in [2.05, 4.69) is 15.3 Å². The third-order valence-corrected chi connectivity index (χ3v) is 4.03. The number of aryl methyl sites for hydroxylation is 2. The Morgan fingerprint density at radius 1 is 1.28 bits per heavy atom. The standard InChI is InChI=1S/C18H17FN4O2/c1-11-4-6-20-10-14(11)13-7-12-9-21-16(22-17(24)3-5-19)8-15(12)23(2)18(13)25/h4,6-10H,3,5H2,1-2H3,(H,21,22,24). The number of amides is 1. The van der Waals surface area contributed by atoms with E-state index >= 15 is 0 Å². The Morgan fingerprint density at radius 2 is 2.08 bits per heavy atom. The van der Waals surface area contributed by atoms with Crippen molar-refractivity contribution >= 4 is 22.6 Å². The molecule has 3 rings (SSSR count). The van der Waals surface area contributed by atoms with Gasteiger partial charge in [-0.25, -0.2) is 4.98 Å². The molecule has 128 valence electrons. The molecule has 6 nitrogen and oxygen atoms in total. The zero-order valence-corrected chi connectivity index (χ0v) is 13.9. The van der Waals surface area contributed by atoms with E-state index < -0.39 is 12.6 Å². The molecule has 0 saturated carbocycles. The molecule has 3 aromatic heterocycles. The maximum absolute atomic E-state index is 12.7. The molecule has 0 fully saturated rings. The van der Waals surface area contributed by atoms with Crippen LogP contribution in [0.25, 0.3) is 22.0 Å². The second-order valence-electron chi connectivity index (χ2n) is 5.73. The zero-order chi connectivity index (χ0) is 18.0. The highest BCUT2D eigenvalue weighted by molar-refractivity contribution is 5.92. The highest BCUT2D eigenvalue weighted by Gasteiger charge is 2.12. The van der Waals surface area contributed by atoms with E-state index in [1.165, 1.54) is 4.57 Å². The van der Waals surface area contributed by atoms with Gasteiger partial charge in [0.05, 0.1) is 18.6 Å². The molecule has 7 heteroatoms. The van der Waals surface area contributed by atoms with Crippen molar-refractivity contribution in [1.82, 2.24) is 14.5 Å². The fourth-order valence-corrected chi connectivity index (χ4v) is 2.66. The van der Waals surface area contributed by atoms with Gasteiger partial charge in [-0.1, -0.05) is 0 Å². The minimum absolute atomic E-state index is 0.171. The van der Waals surface area contributed by atoms with Gasteiger partial charge in [0.25, 0.3) is 5.56 Å². The first-order valence-corrected chi connectivity index (χ1v) is 7.78. The van der Waals surface area contributed by atoms with Gasteiger partial charge in [0.2, 0.25) is 5.91 Å². The van der Waals surface area contributed by atoms with Gasteiger partial charge in [-0.05, 0) is 24.6 Å². The van der Waals surface area contributed by atoms with E-state index in [1.807, 2.05) is 13.0 Å². The summed E-state index contributed by atoms with van der Waals surface area (Å²) in [6, 6.07) is 5.22. The topological polar surface area (TPSA) is 76.9 Å². The first-order valence-electron chi connectivity index (χ1n) is 7.78. The molecule has 1 amide bonds. The quantitative estimate of drug-likeness (QED) is 0.792. The van der Waals surface area contributed by atoms with Gasteiger partial charge in [0.15, 0.2) is 0 Å². The molecule has 0 aromatic carbocycles. The molecule has 0 spiro atoms. The number of nitrogens with one attached hydrogen (secondary N) is 1. The Kier molecular flexibility index (Phi) is 4.56. The molecule has 25 heavy (non-hydrogen) atoms. The van der Waals surface area contributed by atoms with E-state index in [9.17, 15) is 14.0 Å². The Labute approximate surface area is 143 Å². The van der Waals surface area contributed by atoms with Crippen LogP contribution in [0, 0.1) is 6.92 Å². The molecule has 0 saturated heterocycles. The van der Waals surface area contributed by atoms with Gasteiger partial charge in [-0.2, -0.15) is 0 Å². The van der Waals surface area contributed by atoms with E-state index in [-0.39, 0.29) is 17.8 Å². The predicted molar refractivity (Wildman–Crippen MR) is 94.2 cm³/mol. The Bertz CT molecular complexity index is 1010. The minimum Gasteiger partial charge on any atom is -0.311 e. The second kappa shape index (κ2) is 6.80. The van der Waals surface area contributed by atoms with Crippen molar-refractivity contribution in [1.29, 1.82) is 0 Å². The van der Waals surface area contributed by atoms with E-state index in [0.717, 1.165) is 16.5 Å². The van der Waals surface area contributed by atoms with Gasteiger partial charge in [-0.3, -0.25) is 19.0 Å². The number of halogens is 1. The molecule has 0 bridgehead atoms. The number of alkyl halides is 1. The van der Waals surface area contributed by atoms with Gasteiger partial charge < -0.3 is 9.88 Å². The number of rotatable bonds is 4. The lowest BCUT2D eigenvalue weighted by Gasteiger charge is -2.11. The van der Waals surface area contributed by atoms with E-state index in [4.69, 9.17) is 0 Å². The number of anilines is 1. The number of nitrogens with zero attached hydrogens (tertiary/aromatic N) is 3. The monoisotopic (exact) mass is 340 g/mol. The molecule has 0 radical (unpaired) electrons. The van der Waals surface area contributed by atoms with Crippen LogP contribution in [0.4, 0.5) is 10.2 Å². The van der Waals surface area contributed by atoms with Crippen LogP contribution in [0.2, 0.25) is 0 Å². The number of hydrogen-bond donors (Lipinski definition) is 1. The third-order valence-electron chi connectivity index (χ3n) is 4.03. The number of carbonyl (C=O) groups is 1. The lowest BCUT2D eigenvalue weighted by molar-refractivity contribution is -0.116. The highest BCUT2D eigenvalue weighted by atomic mass is 19.1. The fourth-order valence-electron chi connectivity index (χ4n) is 2.66. The van der Waals surface area contributed by atoms with Gasteiger partial charge >= 0.3 is 0 Å². The number of hydrogen-bond acceptors (Lipinski definition) is 4. The fraction of sp³-hybridized carbons (Fsp3) is 0.222. The first kappa shape index (κ1) is 16.8. The van der Waals surface area contributed by atoms with Crippen LogP contribution in [-0.2, 0) is 11.8 Å². The smallest absolute Gasteiger partial charge is 0.258 e. The van der Waals surface area contributed by atoms with Crippen LogP contribution in [-0.4, -0.2) is 27.1 Å². The van der Waals surface area contributed by atoms with Crippen LogP contribution >= 0.6 is 0 Å². The summed E-state index contributed by atoms with van der Waals surface area (Å²) in [6.07, 6.45) is 4.70. The predicted octanol–water partition coefficient (Wildman–Crippen LogP) is 2.60. The largest absolute Gasteiger partial charge is 0.311 e. The molecule has 0 unspecified atom stereocenters. The molecule has 0 aliphatic rings. The van der Waals surface area contributed by atoms with Crippen LogP contribution in [0.3, 0.4) is 0 Å². The summed E-state index contributed by atoms with van der Waals surface area (Å²) >= 11 is 0. The minimum atomic E-state index is -0.730. The molecular weight excluding hydrogens is 323 g/mol. The second-order valence-corrected chi connectivity index (χ2v) is 5.73. The van der Waals surface area contributed by atoms with Crippen LogP contribution in [0.1, 0.15) is 12.0 Å². The number of fused-ring (bicyclic) bond motifs is 1. The van der Waals surface area contributed by atoms with Gasteiger partial charge in [-0.15, -0.1) is 0 Å². The molecule has 0 aliphatic carbocycles.